The van der Waals surface area contributed by atoms with Crippen LogP contribution in [0.1, 0.15) is 31.2 Å². The Labute approximate surface area is 156 Å². The number of benzene rings is 1. The van der Waals surface area contributed by atoms with E-state index in [9.17, 15) is 18.4 Å². The number of thioether (sulfide) groups is 1. The molecular formula is C19H24F2N2O2S. The number of piperidine rings is 1. The van der Waals surface area contributed by atoms with E-state index in [1.54, 1.807) is 16.7 Å². The summed E-state index contributed by atoms with van der Waals surface area (Å²) in [4.78, 5) is 28.2. The first-order valence-corrected chi connectivity index (χ1v) is 10.3. The number of halogens is 2. The number of hydrogen-bond donors (Lipinski definition) is 0. The lowest BCUT2D eigenvalue weighted by Gasteiger charge is -2.39. The molecule has 1 aromatic rings. The van der Waals surface area contributed by atoms with Crippen molar-refractivity contribution in [3.8, 4) is 0 Å². The Morgan fingerprint density at radius 3 is 2.62 bits per heavy atom. The molecule has 1 aromatic carbocycles. The fraction of sp³-hybridized carbons (Fsp3) is 0.579. The lowest BCUT2D eigenvalue weighted by molar-refractivity contribution is -0.132. The van der Waals surface area contributed by atoms with Crippen LogP contribution in [0.2, 0.25) is 0 Å². The van der Waals surface area contributed by atoms with Gasteiger partial charge >= 0.3 is 0 Å². The lowest BCUT2D eigenvalue weighted by atomic mass is 9.77. The molecule has 0 unspecified atom stereocenters. The summed E-state index contributed by atoms with van der Waals surface area (Å²) in [7, 11) is 0. The van der Waals surface area contributed by atoms with E-state index in [-0.39, 0.29) is 17.2 Å². The van der Waals surface area contributed by atoms with E-state index < -0.39 is 11.6 Å². The van der Waals surface area contributed by atoms with Gasteiger partial charge in [0, 0.05) is 50.2 Å². The van der Waals surface area contributed by atoms with Crippen molar-refractivity contribution in [1.82, 2.24) is 9.80 Å². The van der Waals surface area contributed by atoms with E-state index in [1.165, 1.54) is 6.07 Å². The van der Waals surface area contributed by atoms with Crippen LogP contribution in [0.3, 0.4) is 0 Å². The fourth-order valence-corrected chi connectivity index (χ4v) is 4.28. The summed E-state index contributed by atoms with van der Waals surface area (Å²) in [5, 5.41) is 0. The van der Waals surface area contributed by atoms with Gasteiger partial charge in [-0.3, -0.25) is 9.59 Å². The zero-order valence-corrected chi connectivity index (χ0v) is 15.8. The zero-order valence-electron chi connectivity index (χ0n) is 15.0. The lowest BCUT2D eigenvalue weighted by Crippen LogP contribution is -2.44. The van der Waals surface area contributed by atoms with E-state index in [2.05, 4.69) is 0 Å². The minimum absolute atomic E-state index is 0.0527. The monoisotopic (exact) mass is 382 g/mol. The van der Waals surface area contributed by atoms with E-state index in [0.29, 0.717) is 44.6 Å². The van der Waals surface area contributed by atoms with Gasteiger partial charge in [0.1, 0.15) is 0 Å². The second kappa shape index (κ2) is 7.94. The Balaban J connectivity index is 1.57. The number of amides is 2. The third-order valence-corrected chi connectivity index (χ3v) is 6.07. The number of carbonyl (C=O) groups is 2. The SMILES string of the molecule is CSCCC(=O)N1CCC2(CC1)CC(=O)N(Cc1ccc(F)c(F)c1)C2. The Kier molecular flexibility index (Phi) is 5.85. The molecule has 142 valence electrons. The highest BCUT2D eigenvalue weighted by atomic mass is 32.2. The highest BCUT2D eigenvalue weighted by Crippen LogP contribution is 2.41. The molecule has 3 rings (SSSR count). The molecule has 7 heteroatoms. The molecule has 1 spiro atoms. The molecule has 2 aliphatic rings. The van der Waals surface area contributed by atoms with Crippen LogP contribution >= 0.6 is 11.8 Å². The molecule has 0 N–H and O–H groups in total. The topological polar surface area (TPSA) is 40.6 Å². The molecule has 0 aromatic heterocycles. The van der Waals surface area contributed by atoms with E-state index in [4.69, 9.17) is 0 Å². The molecule has 2 aliphatic heterocycles. The van der Waals surface area contributed by atoms with Crippen molar-refractivity contribution in [2.45, 2.75) is 32.2 Å². The van der Waals surface area contributed by atoms with Gasteiger partial charge in [-0.05, 0) is 36.8 Å². The Hall–Kier alpha value is -1.63. The summed E-state index contributed by atoms with van der Waals surface area (Å²) < 4.78 is 26.5. The van der Waals surface area contributed by atoms with Crippen molar-refractivity contribution in [1.29, 1.82) is 0 Å². The summed E-state index contributed by atoms with van der Waals surface area (Å²) in [5.74, 6) is -0.687. The number of hydrogen-bond acceptors (Lipinski definition) is 3. The first-order chi connectivity index (χ1) is 12.4. The summed E-state index contributed by atoms with van der Waals surface area (Å²) in [6.07, 6.45) is 4.67. The molecule has 0 radical (unpaired) electrons. The van der Waals surface area contributed by atoms with Crippen LogP contribution in [-0.4, -0.2) is 53.3 Å². The highest BCUT2D eigenvalue weighted by molar-refractivity contribution is 7.98. The number of likely N-dealkylation sites (tertiary alicyclic amines) is 2. The van der Waals surface area contributed by atoms with Crippen molar-refractivity contribution >= 4 is 23.6 Å². The minimum atomic E-state index is -0.888. The first-order valence-electron chi connectivity index (χ1n) is 8.91. The predicted octanol–water partition coefficient (Wildman–Crippen LogP) is 3.06. The van der Waals surface area contributed by atoms with Crippen LogP contribution in [0.5, 0.6) is 0 Å². The van der Waals surface area contributed by atoms with Crippen molar-refractivity contribution < 1.29 is 18.4 Å². The van der Waals surface area contributed by atoms with Crippen molar-refractivity contribution in [3.63, 3.8) is 0 Å². The van der Waals surface area contributed by atoms with Crippen molar-refractivity contribution in [2.24, 2.45) is 5.41 Å². The smallest absolute Gasteiger partial charge is 0.223 e. The third kappa shape index (κ3) is 4.19. The van der Waals surface area contributed by atoms with E-state index in [0.717, 1.165) is 30.7 Å². The second-order valence-corrected chi connectivity index (χ2v) is 8.28. The maximum absolute atomic E-state index is 13.4. The fourth-order valence-electron chi connectivity index (χ4n) is 3.90. The molecule has 2 amide bonds. The molecule has 0 atom stereocenters. The Morgan fingerprint density at radius 2 is 1.96 bits per heavy atom. The van der Waals surface area contributed by atoms with Crippen molar-refractivity contribution in [3.05, 3.63) is 35.4 Å². The van der Waals surface area contributed by atoms with Crippen LogP contribution in [0.25, 0.3) is 0 Å². The van der Waals surface area contributed by atoms with Crippen LogP contribution < -0.4 is 0 Å². The largest absolute Gasteiger partial charge is 0.343 e. The Morgan fingerprint density at radius 1 is 1.23 bits per heavy atom. The number of nitrogens with zero attached hydrogens (tertiary/aromatic N) is 2. The maximum atomic E-state index is 13.4. The quantitative estimate of drug-likeness (QED) is 0.786. The molecule has 0 bridgehead atoms. The van der Waals surface area contributed by atoms with Gasteiger partial charge in [0.15, 0.2) is 11.6 Å². The maximum Gasteiger partial charge on any atom is 0.223 e. The Bertz CT molecular complexity index is 690. The summed E-state index contributed by atoms with van der Waals surface area (Å²) >= 11 is 1.67. The van der Waals surface area contributed by atoms with Gasteiger partial charge in [0.25, 0.3) is 0 Å². The van der Waals surface area contributed by atoms with Crippen molar-refractivity contribution in [2.75, 3.05) is 31.6 Å². The van der Waals surface area contributed by atoms with Gasteiger partial charge in [-0.15, -0.1) is 0 Å². The van der Waals surface area contributed by atoms with Gasteiger partial charge in [0.05, 0.1) is 0 Å². The number of rotatable bonds is 5. The van der Waals surface area contributed by atoms with Gasteiger partial charge in [-0.25, -0.2) is 8.78 Å². The average Bonchev–Trinajstić information content (AvgIpc) is 2.91. The molecule has 0 aliphatic carbocycles. The van der Waals surface area contributed by atoms with Gasteiger partial charge in [0.2, 0.25) is 11.8 Å². The molecular weight excluding hydrogens is 358 g/mol. The zero-order chi connectivity index (χ0) is 18.7. The molecule has 4 nitrogen and oxygen atoms in total. The van der Waals surface area contributed by atoms with E-state index in [1.807, 2.05) is 11.2 Å². The van der Waals surface area contributed by atoms with Crippen LogP contribution in [0.4, 0.5) is 8.78 Å². The molecule has 2 fully saturated rings. The molecule has 2 saturated heterocycles. The van der Waals surface area contributed by atoms with Crippen LogP contribution in [0, 0.1) is 17.0 Å². The van der Waals surface area contributed by atoms with E-state index >= 15 is 0 Å². The van der Waals surface area contributed by atoms with Gasteiger partial charge in [-0.2, -0.15) is 11.8 Å². The third-order valence-electron chi connectivity index (χ3n) is 5.46. The predicted molar refractivity (Wildman–Crippen MR) is 97.6 cm³/mol. The molecule has 2 heterocycles. The summed E-state index contributed by atoms with van der Waals surface area (Å²) in [5.41, 5.74) is 0.505. The molecule has 26 heavy (non-hydrogen) atoms. The summed E-state index contributed by atoms with van der Waals surface area (Å²) in [6, 6.07) is 3.77. The first kappa shape index (κ1) is 19.1. The minimum Gasteiger partial charge on any atom is -0.343 e. The number of carbonyl (C=O) groups excluding carboxylic acids is 2. The highest BCUT2D eigenvalue weighted by Gasteiger charge is 2.45. The average molecular weight is 382 g/mol. The van der Waals surface area contributed by atoms with Gasteiger partial charge in [-0.1, -0.05) is 6.07 Å². The molecule has 0 saturated carbocycles. The summed E-state index contributed by atoms with van der Waals surface area (Å²) in [6.45, 7) is 2.31. The van der Waals surface area contributed by atoms with Gasteiger partial charge < -0.3 is 9.80 Å². The normalized spacial score (nSPS) is 19.4. The van der Waals surface area contributed by atoms with Crippen LogP contribution in [0.15, 0.2) is 18.2 Å². The standard InChI is InChI=1S/C19H24F2N2O2S/c1-26-9-4-17(24)22-7-5-19(6-8-22)11-18(25)23(13-19)12-14-2-3-15(20)16(21)10-14/h2-3,10H,4-9,11-13H2,1H3. The van der Waals surface area contributed by atoms with Crippen LogP contribution in [-0.2, 0) is 16.1 Å². The second-order valence-electron chi connectivity index (χ2n) is 7.30.